The maximum Gasteiger partial charge on any atom is 0.387 e. The van der Waals surface area contributed by atoms with Crippen LogP contribution in [0, 0.1) is 6.92 Å². The molecule has 2 aromatic rings. The Balaban J connectivity index is 1.65. The number of benzene rings is 1. The molecule has 1 aliphatic rings. The maximum atomic E-state index is 12.8. The Bertz CT molecular complexity index is 820. The predicted octanol–water partition coefficient (Wildman–Crippen LogP) is 3.05. The molecule has 0 unspecified atom stereocenters. The van der Waals surface area contributed by atoms with E-state index in [0.717, 1.165) is 17.8 Å². The first-order valence-electron chi connectivity index (χ1n) is 8.58. The van der Waals surface area contributed by atoms with Crippen molar-refractivity contribution in [2.24, 2.45) is 7.05 Å². The first-order chi connectivity index (χ1) is 12.8. The molecule has 0 bridgehead atoms. The highest BCUT2D eigenvalue weighted by Crippen LogP contribution is 2.26. The van der Waals surface area contributed by atoms with Gasteiger partial charge in [0.05, 0.1) is 11.3 Å². The summed E-state index contributed by atoms with van der Waals surface area (Å²) < 4.78 is 32.2. The molecule has 0 aliphatic carbocycles. The minimum atomic E-state index is -2.97. The van der Waals surface area contributed by atoms with Crippen LogP contribution in [0.5, 0.6) is 5.75 Å². The molecule has 1 aliphatic heterocycles. The topological polar surface area (TPSA) is 50.6 Å². The van der Waals surface area contributed by atoms with E-state index in [-0.39, 0.29) is 17.2 Å². The van der Waals surface area contributed by atoms with E-state index in [1.165, 1.54) is 12.1 Å². The number of rotatable bonds is 5. The van der Waals surface area contributed by atoms with E-state index >= 15 is 0 Å². The van der Waals surface area contributed by atoms with E-state index in [1.54, 1.807) is 15.6 Å². The van der Waals surface area contributed by atoms with Crippen molar-refractivity contribution >= 4 is 21.8 Å². The SMILES string of the molecule is Cc1nn(C)cc1CN1CCN(C(=O)c2cc(Br)ccc2OC(F)F)CC1. The van der Waals surface area contributed by atoms with Crippen molar-refractivity contribution in [3.05, 3.63) is 45.7 Å². The molecular formula is C18H21BrF2N4O2. The molecule has 1 saturated heterocycles. The summed E-state index contributed by atoms with van der Waals surface area (Å²) in [5.74, 6) is -0.407. The Morgan fingerprint density at radius 3 is 2.59 bits per heavy atom. The molecule has 1 fully saturated rings. The molecule has 1 aromatic heterocycles. The number of amides is 1. The number of carbonyl (C=O) groups is 1. The van der Waals surface area contributed by atoms with Crippen LogP contribution in [-0.4, -0.2) is 58.3 Å². The molecule has 146 valence electrons. The minimum absolute atomic E-state index is 0.105. The Morgan fingerprint density at radius 1 is 1.30 bits per heavy atom. The van der Waals surface area contributed by atoms with E-state index in [9.17, 15) is 13.6 Å². The normalized spacial score (nSPS) is 15.4. The standard InChI is InChI=1S/C18H21BrF2N4O2/c1-12-13(10-23(2)22-12)11-24-5-7-25(8-6-24)17(26)15-9-14(19)3-4-16(15)27-18(20)21/h3-4,9-10,18H,5-8,11H2,1-2H3. The van der Waals surface area contributed by atoms with Gasteiger partial charge < -0.3 is 9.64 Å². The van der Waals surface area contributed by atoms with Crippen LogP contribution in [0.2, 0.25) is 0 Å². The zero-order chi connectivity index (χ0) is 19.6. The largest absolute Gasteiger partial charge is 0.434 e. The lowest BCUT2D eigenvalue weighted by Crippen LogP contribution is -2.48. The van der Waals surface area contributed by atoms with Crippen LogP contribution in [0.15, 0.2) is 28.9 Å². The second kappa shape index (κ2) is 8.35. The predicted molar refractivity (Wildman–Crippen MR) is 99.9 cm³/mol. The fraction of sp³-hybridized carbons (Fsp3) is 0.444. The van der Waals surface area contributed by atoms with E-state index in [0.29, 0.717) is 30.7 Å². The Kier molecular flexibility index (Phi) is 6.11. The number of aryl methyl sites for hydroxylation is 2. The number of hydrogen-bond acceptors (Lipinski definition) is 4. The Morgan fingerprint density at radius 2 is 2.00 bits per heavy atom. The van der Waals surface area contributed by atoms with Crippen molar-refractivity contribution in [3.63, 3.8) is 0 Å². The number of piperazine rings is 1. The summed E-state index contributed by atoms with van der Waals surface area (Å²) in [6.45, 7) is 2.25. The van der Waals surface area contributed by atoms with Crippen LogP contribution < -0.4 is 4.74 Å². The molecule has 6 nitrogen and oxygen atoms in total. The van der Waals surface area contributed by atoms with Crippen LogP contribution in [0.25, 0.3) is 0 Å². The minimum Gasteiger partial charge on any atom is -0.434 e. The molecule has 1 aromatic carbocycles. The van der Waals surface area contributed by atoms with Gasteiger partial charge in [0.25, 0.3) is 5.91 Å². The molecule has 0 atom stereocenters. The summed E-state index contributed by atoms with van der Waals surface area (Å²) in [4.78, 5) is 16.8. The van der Waals surface area contributed by atoms with Crippen molar-refractivity contribution < 1.29 is 18.3 Å². The molecule has 0 saturated carbocycles. The third-order valence-corrected chi connectivity index (χ3v) is 5.05. The molecular weight excluding hydrogens is 422 g/mol. The summed E-state index contributed by atoms with van der Waals surface area (Å²) in [6.07, 6.45) is 2.00. The molecule has 1 amide bonds. The molecule has 27 heavy (non-hydrogen) atoms. The number of ether oxygens (including phenoxy) is 1. The van der Waals surface area contributed by atoms with Crippen molar-refractivity contribution in [2.75, 3.05) is 26.2 Å². The zero-order valence-electron chi connectivity index (χ0n) is 15.2. The lowest BCUT2D eigenvalue weighted by molar-refractivity contribution is -0.0503. The number of carbonyl (C=O) groups excluding carboxylic acids is 1. The second-order valence-corrected chi connectivity index (χ2v) is 7.42. The van der Waals surface area contributed by atoms with Gasteiger partial charge in [-0.25, -0.2) is 0 Å². The van der Waals surface area contributed by atoms with E-state index in [4.69, 9.17) is 0 Å². The summed E-state index contributed by atoms with van der Waals surface area (Å²) >= 11 is 3.28. The third-order valence-electron chi connectivity index (χ3n) is 4.56. The second-order valence-electron chi connectivity index (χ2n) is 6.50. The molecule has 0 N–H and O–H groups in total. The van der Waals surface area contributed by atoms with Crippen molar-refractivity contribution in [1.29, 1.82) is 0 Å². The smallest absolute Gasteiger partial charge is 0.387 e. The quantitative estimate of drug-likeness (QED) is 0.713. The molecule has 0 spiro atoms. The number of hydrogen-bond donors (Lipinski definition) is 0. The van der Waals surface area contributed by atoms with Gasteiger partial charge in [0.2, 0.25) is 0 Å². The lowest BCUT2D eigenvalue weighted by atomic mass is 10.1. The fourth-order valence-electron chi connectivity index (χ4n) is 3.19. The summed E-state index contributed by atoms with van der Waals surface area (Å²) in [5, 5.41) is 4.35. The number of nitrogens with zero attached hydrogens (tertiary/aromatic N) is 4. The highest BCUT2D eigenvalue weighted by molar-refractivity contribution is 9.10. The lowest BCUT2D eigenvalue weighted by Gasteiger charge is -2.35. The highest BCUT2D eigenvalue weighted by Gasteiger charge is 2.26. The number of aromatic nitrogens is 2. The first kappa shape index (κ1) is 19.8. The van der Waals surface area contributed by atoms with Gasteiger partial charge >= 0.3 is 6.61 Å². The van der Waals surface area contributed by atoms with Crippen LogP contribution in [0.4, 0.5) is 8.78 Å². The van der Waals surface area contributed by atoms with Gasteiger partial charge in [-0.2, -0.15) is 13.9 Å². The summed E-state index contributed by atoms with van der Waals surface area (Å²) in [6, 6.07) is 4.47. The fourth-order valence-corrected chi connectivity index (χ4v) is 3.55. The van der Waals surface area contributed by atoms with E-state index < -0.39 is 6.61 Å². The monoisotopic (exact) mass is 442 g/mol. The van der Waals surface area contributed by atoms with Gasteiger partial charge in [0.15, 0.2) is 0 Å². The van der Waals surface area contributed by atoms with Crippen LogP contribution >= 0.6 is 15.9 Å². The molecule has 2 heterocycles. The average molecular weight is 443 g/mol. The van der Waals surface area contributed by atoms with Gasteiger partial charge in [-0.15, -0.1) is 0 Å². The molecule has 9 heteroatoms. The highest BCUT2D eigenvalue weighted by atomic mass is 79.9. The van der Waals surface area contributed by atoms with Crippen LogP contribution in [0.1, 0.15) is 21.6 Å². The van der Waals surface area contributed by atoms with E-state index in [1.807, 2.05) is 20.2 Å². The zero-order valence-corrected chi connectivity index (χ0v) is 16.7. The molecule has 0 radical (unpaired) electrons. The van der Waals surface area contributed by atoms with Gasteiger partial charge in [-0.3, -0.25) is 14.4 Å². The van der Waals surface area contributed by atoms with Crippen LogP contribution in [0.3, 0.4) is 0 Å². The number of halogens is 3. The number of alkyl halides is 2. The third kappa shape index (κ3) is 4.84. The van der Waals surface area contributed by atoms with Gasteiger partial charge in [-0.1, -0.05) is 15.9 Å². The Hall–Kier alpha value is -2.00. The summed E-state index contributed by atoms with van der Waals surface area (Å²) in [5.41, 5.74) is 2.30. The average Bonchev–Trinajstić information content (AvgIpc) is 2.93. The Labute approximate surface area is 164 Å². The first-order valence-corrected chi connectivity index (χ1v) is 9.38. The van der Waals surface area contributed by atoms with Gasteiger partial charge in [0.1, 0.15) is 5.75 Å². The maximum absolute atomic E-state index is 12.8. The van der Waals surface area contributed by atoms with Crippen molar-refractivity contribution in [3.8, 4) is 5.75 Å². The van der Waals surface area contributed by atoms with Gasteiger partial charge in [0, 0.05) is 56.0 Å². The van der Waals surface area contributed by atoms with E-state index in [2.05, 4.69) is 30.7 Å². The summed E-state index contributed by atoms with van der Waals surface area (Å²) in [7, 11) is 1.89. The molecule has 3 rings (SSSR count). The van der Waals surface area contributed by atoms with Crippen LogP contribution in [-0.2, 0) is 13.6 Å². The van der Waals surface area contributed by atoms with Crippen molar-refractivity contribution in [2.45, 2.75) is 20.1 Å². The van der Waals surface area contributed by atoms with Crippen molar-refractivity contribution in [1.82, 2.24) is 19.6 Å². The van der Waals surface area contributed by atoms with Gasteiger partial charge in [-0.05, 0) is 25.1 Å².